The first kappa shape index (κ1) is 19.2. The molecule has 3 rings (SSSR count). The van der Waals surface area contributed by atoms with Crippen LogP contribution in [0, 0.1) is 24.0 Å². The van der Waals surface area contributed by atoms with E-state index in [0.29, 0.717) is 13.1 Å². The maximum absolute atomic E-state index is 14.6. The minimum atomic E-state index is -1.61. The molecule has 1 aromatic carbocycles. The topological polar surface area (TPSA) is 54.2 Å². The Morgan fingerprint density at radius 2 is 2.11 bits per heavy atom. The van der Waals surface area contributed by atoms with Crippen LogP contribution in [-0.2, 0) is 12.1 Å². The lowest BCUT2D eigenvalue weighted by molar-refractivity contribution is -0.0657. The zero-order valence-corrected chi connectivity index (χ0v) is 15.1. The van der Waals surface area contributed by atoms with E-state index in [0.717, 1.165) is 25.0 Å². The molecule has 0 amide bonds. The third-order valence-corrected chi connectivity index (χ3v) is 5.23. The molecule has 0 saturated carbocycles. The summed E-state index contributed by atoms with van der Waals surface area (Å²) >= 11 is 0. The standard InChI is InChI=1S/C20H22F2N4O/c1-3-4-16-7-9-25(10-8-16)15(2)20(27,12-26-14-23-13-24-26)18-6-5-17(21)11-19(18)22/h1,4-6,11,13-15,27H,7-10,12H2,2H3/t15-,20-/m1/s1. The average Bonchev–Trinajstić information content (AvgIpc) is 3.14. The van der Waals surface area contributed by atoms with Crippen LogP contribution in [0.2, 0.25) is 0 Å². The van der Waals surface area contributed by atoms with Crippen LogP contribution in [0.15, 0.2) is 42.5 Å². The summed E-state index contributed by atoms with van der Waals surface area (Å²) in [6.07, 6.45) is 11.5. The molecule has 0 spiro atoms. The van der Waals surface area contributed by atoms with Gasteiger partial charge in [0.05, 0.1) is 6.54 Å². The van der Waals surface area contributed by atoms with Crippen LogP contribution in [0.4, 0.5) is 8.78 Å². The monoisotopic (exact) mass is 372 g/mol. The average molecular weight is 372 g/mol. The van der Waals surface area contributed by atoms with E-state index in [-0.39, 0.29) is 12.1 Å². The molecule has 1 fully saturated rings. The molecule has 2 aromatic rings. The van der Waals surface area contributed by atoms with Crippen LogP contribution in [0.25, 0.3) is 0 Å². The van der Waals surface area contributed by atoms with Gasteiger partial charge < -0.3 is 5.11 Å². The molecule has 1 aliphatic rings. The third kappa shape index (κ3) is 4.07. The third-order valence-electron chi connectivity index (χ3n) is 5.23. The van der Waals surface area contributed by atoms with Gasteiger partial charge >= 0.3 is 0 Å². The van der Waals surface area contributed by atoms with E-state index >= 15 is 0 Å². The Kier molecular flexibility index (Phi) is 5.68. The molecular weight excluding hydrogens is 350 g/mol. The highest BCUT2D eigenvalue weighted by Gasteiger charge is 2.42. The Balaban J connectivity index is 1.92. The Morgan fingerprint density at radius 3 is 2.70 bits per heavy atom. The number of nitrogens with zero attached hydrogens (tertiary/aromatic N) is 4. The van der Waals surface area contributed by atoms with Crippen LogP contribution in [0.1, 0.15) is 25.3 Å². The fourth-order valence-electron chi connectivity index (χ4n) is 3.61. The van der Waals surface area contributed by atoms with E-state index in [1.807, 2.05) is 6.92 Å². The summed E-state index contributed by atoms with van der Waals surface area (Å²) in [5, 5.41) is 15.6. The van der Waals surface area contributed by atoms with Crippen molar-refractivity contribution in [2.24, 2.45) is 0 Å². The number of allylic oxidation sites excluding steroid dienone is 1. The zero-order valence-electron chi connectivity index (χ0n) is 15.1. The van der Waals surface area contributed by atoms with Crippen LogP contribution in [-0.4, -0.2) is 43.9 Å². The molecule has 1 aliphatic heterocycles. The van der Waals surface area contributed by atoms with Gasteiger partial charge in [0, 0.05) is 30.8 Å². The Bertz CT molecular complexity index is 849. The summed E-state index contributed by atoms with van der Waals surface area (Å²) < 4.78 is 29.4. The molecule has 2 heterocycles. The minimum Gasteiger partial charge on any atom is -0.381 e. The number of aliphatic hydroxyl groups is 1. The molecule has 0 radical (unpaired) electrons. The molecule has 0 bridgehead atoms. The van der Waals surface area contributed by atoms with Crippen molar-refractivity contribution in [3.8, 4) is 12.3 Å². The van der Waals surface area contributed by atoms with E-state index in [9.17, 15) is 13.9 Å². The fraction of sp³-hybridized carbons (Fsp3) is 0.400. The Labute approximate surface area is 157 Å². The van der Waals surface area contributed by atoms with Crippen molar-refractivity contribution >= 4 is 0 Å². The van der Waals surface area contributed by atoms with E-state index in [2.05, 4.69) is 20.9 Å². The van der Waals surface area contributed by atoms with Crippen LogP contribution in [0.3, 0.4) is 0 Å². The molecule has 27 heavy (non-hydrogen) atoms. The molecule has 1 saturated heterocycles. The van der Waals surface area contributed by atoms with Gasteiger partial charge in [-0.2, -0.15) is 5.10 Å². The minimum absolute atomic E-state index is 0.000269. The number of aromatic nitrogens is 3. The van der Waals surface area contributed by atoms with Gasteiger partial charge in [-0.3, -0.25) is 4.90 Å². The summed E-state index contributed by atoms with van der Waals surface area (Å²) in [7, 11) is 0. The van der Waals surface area contributed by atoms with Crippen molar-refractivity contribution in [3.05, 3.63) is 59.7 Å². The van der Waals surface area contributed by atoms with E-state index in [4.69, 9.17) is 6.42 Å². The molecule has 0 aliphatic carbocycles. The van der Waals surface area contributed by atoms with Gasteiger partial charge in [-0.1, -0.05) is 17.6 Å². The number of hydrogen-bond acceptors (Lipinski definition) is 4. The first-order valence-electron chi connectivity index (χ1n) is 8.82. The van der Waals surface area contributed by atoms with Crippen molar-refractivity contribution in [2.75, 3.05) is 13.1 Å². The molecule has 1 N–H and O–H groups in total. The lowest BCUT2D eigenvalue weighted by atomic mass is 9.84. The molecule has 0 unspecified atom stereocenters. The highest BCUT2D eigenvalue weighted by atomic mass is 19.1. The number of hydrogen-bond donors (Lipinski definition) is 1. The summed E-state index contributed by atoms with van der Waals surface area (Å²) in [6, 6.07) is 2.81. The van der Waals surface area contributed by atoms with Gasteiger partial charge in [0.25, 0.3) is 0 Å². The van der Waals surface area contributed by atoms with Gasteiger partial charge in [-0.15, -0.1) is 6.42 Å². The largest absolute Gasteiger partial charge is 0.381 e. The van der Waals surface area contributed by atoms with Crippen LogP contribution in [0.5, 0.6) is 0 Å². The maximum atomic E-state index is 14.6. The summed E-state index contributed by atoms with van der Waals surface area (Å²) in [5.41, 5.74) is -0.385. The number of likely N-dealkylation sites (tertiary alicyclic amines) is 1. The van der Waals surface area contributed by atoms with Crippen molar-refractivity contribution in [3.63, 3.8) is 0 Å². The second-order valence-electron chi connectivity index (χ2n) is 6.82. The van der Waals surface area contributed by atoms with Crippen molar-refractivity contribution in [1.29, 1.82) is 0 Å². The number of benzene rings is 1. The highest BCUT2D eigenvalue weighted by Crippen LogP contribution is 2.34. The maximum Gasteiger partial charge on any atom is 0.137 e. The van der Waals surface area contributed by atoms with Gasteiger partial charge in [0.2, 0.25) is 0 Å². The first-order chi connectivity index (χ1) is 12.9. The van der Waals surface area contributed by atoms with Gasteiger partial charge in [-0.25, -0.2) is 18.4 Å². The van der Waals surface area contributed by atoms with E-state index in [1.165, 1.54) is 29.0 Å². The molecule has 5 nitrogen and oxygen atoms in total. The number of rotatable bonds is 5. The van der Waals surface area contributed by atoms with E-state index < -0.39 is 23.3 Å². The van der Waals surface area contributed by atoms with Crippen LogP contribution < -0.4 is 0 Å². The SMILES string of the molecule is C#CC=C1CCN([C@H](C)[C@](O)(Cn2cncn2)c2ccc(F)cc2F)CC1. The van der Waals surface area contributed by atoms with Crippen molar-refractivity contribution in [1.82, 2.24) is 19.7 Å². The first-order valence-corrected chi connectivity index (χ1v) is 8.82. The normalized spacial score (nSPS) is 18.6. The van der Waals surface area contributed by atoms with Crippen molar-refractivity contribution in [2.45, 2.75) is 38.0 Å². The lowest BCUT2D eigenvalue weighted by Gasteiger charge is -2.43. The lowest BCUT2D eigenvalue weighted by Crippen LogP contribution is -2.53. The predicted octanol–water partition coefficient (Wildman–Crippen LogP) is 2.49. The predicted molar refractivity (Wildman–Crippen MR) is 97.5 cm³/mol. The summed E-state index contributed by atoms with van der Waals surface area (Å²) in [5.74, 6) is 1.08. The number of piperidine rings is 1. The van der Waals surface area contributed by atoms with Gasteiger partial charge in [0.15, 0.2) is 0 Å². The molecular formula is C20H22F2N4O. The van der Waals surface area contributed by atoms with E-state index in [1.54, 1.807) is 6.08 Å². The zero-order chi connectivity index (χ0) is 19.4. The fourth-order valence-corrected chi connectivity index (χ4v) is 3.61. The van der Waals surface area contributed by atoms with Gasteiger partial charge in [0.1, 0.15) is 29.9 Å². The second kappa shape index (κ2) is 7.99. The summed E-state index contributed by atoms with van der Waals surface area (Å²) in [4.78, 5) is 5.98. The smallest absolute Gasteiger partial charge is 0.137 e. The Morgan fingerprint density at radius 1 is 1.37 bits per heavy atom. The molecule has 1 aromatic heterocycles. The highest BCUT2D eigenvalue weighted by molar-refractivity contribution is 5.27. The quantitative estimate of drug-likeness (QED) is 0.820. The van der Waals surface area contributed by atoms with Crippen LogP contribution >= 0.6 is 0 Å². The molecule has 142 valence electrons. The second-order valence-corrected chi connectivity index (χ2v) is 6.82. The van der Waals surface area contributed by atoms with Gasteiger partial charge in [-0.05, 0) is 31.9 Å². The number of halogens is 2. The van der Waals surface area contributed by atoms with Crippen molar-refractivity contribution < 1.29 is 13.9 Å². The number of terminal acetylenes is 1. The molecule has 7 heteroatoms. The Hall–Kier alpha value is -2.56. The molecule has 2 atom stereocenters. The summed E-state index contributed by atoms with van der Waals surface area (Å²) in [6.45, 7) is 3.23.